The zero-order chi connectivity index (χ0) is 12.4. The highest BCUT2D eigenvalue weighted by Gasteiger charge is 2.28. The van der Waals surface area contributed by atoms with Gasteiger partial charge in [0.2, 0.25) is 0 Å². The fourth-order valence-corrected chi connectivity index (χ4v) is 3.29. The Kier molecular flexibility index (Phi) is 4.47. The normalized spacial score (nSPS) is 25.4. The monoisotopic (exact) mass is 316 g/mol. The average molecular weight is 318 g/mol. The van der Waals surface area contributed by atoms with Crippen molar-refractivity contribution in [2.24, 2.45) is 11.7 Å². The average Bonchev–Trinajstić information content (AvgIpc) is 2.64. The Morgan fingerprint density at radius 2 is 2.29 bits per heavy atom. The molecule has 1 aromatic rings. The van der Waals surface area contributed by atoms with Crippen LogP contribution in [-0.4, -0.2) is 24.0 Å². The van der Waals surface area contributed by atoms with Crippen molar-refractivity contribution in [3.63, 3.8) is 0 Å². The van der Waals surface area contributed by atoms with Crippen molar-refractivity contribution in [1.82, 2.24) is 4.90 Å². The van der Waals surface area contributed by atoms with Crippen LogP contribution in [0.5, 0.6) is 0 Å². The fourth-order valence-electron chi connectivity index (χ4n) is 2.48. The summed E-state index contributed by atoms with van der Waals surface area (Å²) in [5.74, 6) is 0.649. The lowest BCUT2D eigenvalue weighted by Gasteiger charge is -2.21. The number of halogens is 2. The summed E-state index contributed by atoms with van der Waals surface area (Å²) in [6.45, 7) is 5.14. The lowest BCUT2D eigenvalue weighted by atomic mass is 10.1. The number of nitrogens with zero attached hydrogens (tertiary/aromatic N) is 1. The molecule has 2 N–H and O–H groups in total. The van der Waals surface area contributed by atoms with Crippen LogP contribution in [0.25, 0.3) is 0 Å². The zero-order valence-corrected chi connectivity index (χ0v) is 12.3. The second-order valence-corrected chi connectivity index (χ2v) is 6.14. The highest BCUT2D eigenvalue weighted by molar-refractivity contribution is 9.10. The van der Waals surface area contributed by atoms with Gasteiger partial charge in [-0.3, -0.25) is 4.90 Å². The van der Waals surface area contributed by atoms with Gasteiger partial charge in [-0.25, -0.2) is 0 Å². The van der Waals surface area contributed by atoms with Gasteiger partial charge in [0.25, 0.3) is 0 Å². The molecule has 0 saturated carbocycles. The maximum Gasteiger partial charge on any atom is 0.0417 e. The molecule has 4 heteroatoms. The summed E-state index contributed by atoms with van der Waals surface area (Å²) in [4.78, 5) is 2.49. The van der Waals surface area contributed by atoms with Crippen molar-refractivity contribution in [3.05, 3.63) is 33.3 Å². The van der Waals surface area contributed by atoms with Crippen molar-refractivity contribution >= 4 is 27.5 Å². The van der Waals surface area contributed by atoms with Gasteiger partial charge in [-0.05, 0) is 43.5 Å². The Bertz CT molecular complexity index is 397. The van der Waals surface area contributed by atoms with Gasteiger partial charge in [-0.1, -0.05) is 33.6 Å². The van der Waals surface area contributed by atoms with E-state index >= 15 is 0 Å². The quantitative estimate of drug-likeness (QED) is 0.927. The van der Waals surface area contributed by atoms with Gasteiger partial charge in [0.05, 0.1) is 0 Å². The molecule has 1 aliphatic heterocycles. The number of nitrogens with two attached hydrogens (primary N) is 1. The SMILES string of the molecule is CC1CC(CN)CN1Cc1ccc(Cl)cc1Br. The molecule has 2 atom stereocenters. The molecule has 0 amide bonds. The summed E-state index contributed by atoms with van der Waals surface area (Å²) in [6, 6.07) is 6.61. The van der Waals surface area contributed by atoms with Gasteiger partial charge in [0.1, 0.15) is 0 Å². The van der Waals surface area contributed by atoms with Crippen LogP contribution in [0.4, 0.5) is 0 Å². The molecular formula is C13H18BrClN2. The first-order valence-corrected chi connectivity index (χ1v) is 7.15. The number of rotatable bonds is 3. The molecule has 2 rings (SSSR count). The van der Waals surface area contributed by atoms with Crippen LogP contribution in [0.1, 0.15) is 18.9 Å². The molecule has 94 valence electrons. The van der Waals surface area contributed by atoms with E-state index in [2.05, 4.69) is 33.8 Å². The topological polar surface area (TPSA) is 29.3 Å². The van der Waals surface area contributed by atoms with E-state index in [1.54, 1.807) is 0 Å². The largest absolute Gasteiger partial charge is 0.330 e. The second-order valence-electron chi connectivity index (χ2n) is 4.85. The maximum absolute atomic E-state index is 5.95. The molecule has 1 saturated heterocycles. The molecule has 1 heterocycles. The van der Waals surface area contributed by atoms with E-state index in [4.69, 9.17) is 17.3 Å². The van der Waals surface area contributed by atoms with Crippen LogP contribution >= 0.6 is 27.5 Å². The molecule has 0 spiro atoms. The Morgan fingerprint density at radius 3 is 2.88 bits per heavy atom. The lowest BCUT2D eigenvalue weighted by molar-refractivity contribution is 0.255. The summed E-state index contributed by atoms with van der Waals surface area (Å²) >= 11 is 9.52. The number of benzene rings is 1. The summed E-state index contributed by atoms with van der Waals surface area (Å²) in [7, 11) is 0. The van der Waals surface area contributed by atoms with Crippen molar-refractivity contribution in [2.75, 3.05) is 13.1 Å². The van der Waals surface area contributed by atoms with E-state index in [0.717, 1.165) is 29.1 Å². The van der Waals surface area contributed by atoms with Gasteiger partial charge >= 0.3 is 0 Å². The predicted octanol–water partition coefficient (Wildman–Crippen LogP) is 3.27. The van der Waals surface area contributed by atoms with E-state index in [-0.39, 0.29) is 0 Å². The van der Waals surface area contributed by atoms with Gasteiger partial charge in [0.15, 0.2) is 0 Å². The van der Waals surface area contributed by atoms with Crippen LogP contribution < -0.4 is 5.73 Å². The summed E-state index contributed by atoms with van der Waals surface area (Å²) in [5.41, 5.74) is 7.04. The Hall–Kier alpha value is -0.0900. The minimum absolute atomic E-state index is 0.617. The van der Waals surface area contributed by atoms with Crippen LogP contribution in [0.2, 0.25) is 5.02 Å². The van der Waals surface area contributed by atoms with Crippen LogP contribution in [0.15, 0.2) is 22.7 Å². The smallest absolute Gasteiger partial charge is 0.0417 e. The third-order valence-electron chi connectivity index (χ3n) is 3.51. The zero-order valence-electron chi connectivity index (χ0n) is 10.00. The lowest BCUT2D eigenvalue weighted by Crippen LogP contribution is -2.27. The first-order chi connectivity index (χ1) is 8.10. The highest BCUT2D eigenvalue weighted by Crippen LogP contribution is 2.28. The summed E-state index contributed by atoms with van der Waals surface area (Å²) in [5, 5.41) is 0.773. The van der Waals surface area contributed by atoms with E-state index in [9.17, 15) is 0 Å². The van der Waals surface area contributed by atoms with Gasteiger partial charge in [0, 0.05) is 28.6 Å². The van der Waals surface area contributed by atoms with E-state index in [0.29, 0.717) is 12.0 Å². The molecule has 1 fully saturated rings. The Morgan fingerprint density at radius 1 is 1.53 bits per heavy atom. The van der Waals surface area contributed by atoms with Crippen molar-refractivity contribution in [1.29, 1.82) is 0 Å². The predicted molar refractivity (Wildman–Crippen MR) is 76.2 cm³/mol. The number of hydrogen-bond donors (Lipinski definition) is 1. The van der Waals surface area contributed by atoms with E-state index < -0.39 is 0 Å². The molecule has 1 aliphatic rings. The summed E-state index contributed by atoms with van der Waals surface area (Å²) in [6.07, 6.45) is 1.21. The third kappa shape index (κ3) is 3.22. The number of likely N-dealkylation sites (tertiary alicyclic amines) is 1. The van der Waals surface area contributed by atoms with Crippen LogP contribution in [0, 0.1) is 5.92 Å². The molecular weight excluding hydrogens is 300 g/mol. The molecule has 0 radical (unpaired) electrons. The number of hydrogen-bond acceptors (Lipinski definition) is 2. The van der Waals surface area contributed by atoms with E-state index in [1.807, 2.05) is 12.1 Å². The fraction of sp³-hybridized carbons (Fsp3) is 0.538. The van der Waals surface area contributed by atoms with Crippen LogP contribution in [0.3, 0.4) is 0 Å². The highest BCUT2D eigenvalue weighted by atomic mass is 79.9. The second kappa shape index (κ2) is 5.70. The first kappa shape index (κ1) is 13.3. The molecule has 0 bridgehead atoms. The molecule has 0 aliphatic carbocycles. The molecule has 17 heavy (non-hydrogen) atoms. The minimum Gasteiger partial charge on any atom is -0.330 e. The molecule has 1 aromatic carbocycles. The summed E-state index contributed by atoms with van der Waals surface area (Å²) < 4.78 is 1.09. The Balaban J connectivity index is 2.06. The van der Waals surface area contributed by atoms with Crippen molar-refractivity contribution in [3.8, 4) is 0 Å². The Labute approximate surface area is 116 Å². The van der Waals surface area contributed by atoms with E-state index in [1.165, 1.54) is 12.0 Å². The molecule has 2 nitrogen and oxygen atoms in total. The standard InChI is InChI=1S/C13H18BrClN2/c1-9-4-10(6-16)7-17(9)8-11-2-3-12(15)5-13(11)14/h2-3,5,9-10H,4,6-8,16H2,1H3. The van der Waals surface area contributed by atoms with Crippen LogP contribution in [-0.2, 0) is 6.54 Å². The van der Waals surface area contributed by atoms with Gasteiger partial charge in [-0.15, -0.1) is 0 Å². The van der Waals surface area contributed by atoms with Crippen molar-refractivity contribution < 1.29 is 0 Å². The minimum atomic E-state index is 0.617. The van der Waals surface area contributed by atoms with Gasteiger partial charge in [-0.2, -0.15) is 0 Å². The van der Waals surface area contributed by atoms with Gasteiger partial charge < -0.3 is 5.73 Å². The first-order valence-electron chi connectivity index (χ1n) is 5.98. The maximum atomic E-state index is 5.95. The molecule has 0 aromatic heterocycles. The molecule has 2 unspecified atom stereocenters. The third-order valence-corrected chi connectivity index (χ3v) is 4.49. The van der Waals surface area contributed by atoms with Crippen molar-refractivity contribution in [2.45, 2.75) is 25.9 Å².